The Kier molecular flexibility index (Phi) is 10.7. The topological polar surface area (TPSA) is 79.3 Å². The van der Waals surface area contributed by atoms with Gasteiger partial charge in [0.2, 0.25) is 5.91 Å². The van der Waals surface area contributed by atoms with Crippen molar-refractivity contribution < 1.29 is 9.59 Å². The molecule has 0 radical (unpaired) electrons. The SMILES string of the molecule is CCC(CC)n1c(Cc2cccs2)nc2cc(C(=O)NC(CC(C)C)C(=O)NCCCN(C)C)ccc21. The highest BCUT2D eigenvalue weighted by Gasteiger charge is 2.24. The van der Waals surface area contributed by atoms with E-state index in [2.05, 4.69) is 65.3 Å². The molecule has 3 rings (SSSR count). The average molecular weight is 526 g/mol. The highest BCUT2D eigenvalue weighted by atomic mass is 32.1. The Labute approximate surface area is 225 Å². The molecule has 0 aliphatic rings. The Morgan fingerprint density at radius 3 is 2.51 bits per heavy atom. The number of aromatic nitrogens is 2. The smallest absolute Gasteiger partial charge is 0.252 e. The zero-order valence-corrected chi connectivity index (χ0v) is 24.0. The zero-order valence-electron chi connectivity index (χ0n) is 23.2. The molecule has 1 unspecified atom stereocenters. The van der Waals surface area contributed by atoms with Crippen molar-refractivity contribution in [1.29, 1.82) is 0 Å². The molecule has 0 aliphatic carbocycles. The lowest BCUT2D eigenvalue weighted by molar-refractivity contribution is -0.123. The number of carbonyl (C=O) groups excluding carboxylic acids is 2. The Hall–Kier alpha value is -2.71. The van der Waals surface area contributed by atoms with E-state index in [0.717, 1.165) is 49.1 Å². The summed E-state index contributed by atoms with van der Waals surface area (Å²) in [6, 6.07) is 9.72. The number of nitrogens with zero attached hydrogens (tertiary/aromatic N) is 3. The molecule has 0 fully saturated rings. The van der Waals surface area contributed by atoms with Crippen LogP contribution in [0, 0.1) is 5.92 Å². The standard InChI is InChI=1S/C29H43N5O2S/c1-7-22(8-2)34-26-13-12-21(18-24(26)31-27(34)19-23-11-9-16-37-23)28(35)32-25(17-20(3)4)29(36)30-14-10-15-33(5)6/h9,11-13,16,18,20,22,25H,7-8,10,14-15,17,19H2,1-6H3,(H,30,36)(H,32,35). The van der Waals surface area contributed by atoms with Crippen LogP contribution in [0.25, 0.3) is 11.0 Å². The van der Waals surface area contributed by atoms with Crippen LogP contribution < -0.4 is 10.6 Å². The van der Waals surface area contributed by atoms with Gasteiger partial charge in [-0.2, -0.15) is 0 Å². The fourth-order valence-corrected chi connectivity index (χ4v) is 5.42. The summed E-state index contributed by atoms with van der Waals surface area (Å²) in [4.78, 5) is 34.5. The summed E-state index contributed by atoms with van der Waals surface area (Å²) in [5.74, 6) is 0.931. The summed E-state index contributed by atoms with van der Waals surface area (Å²) < 4.78 is 2.35. The van der Waals surface area contributed by atoms with Gasteiger partial charge in [0.1, 0.15) is 11.9 Å². The summed E-state index contributed by atoms with van der Waals surface area (Å²) >= 11 is 1.74. The molecule has 37 heavy (non-hydrogen) atoms. The van der Waals surface area contributed by atoms with Gasteiger partial charge in [0.25, 0.3) is 5.91 Å². The van der Waals surface area contributed by atoms with E-state index in [4.69, 9.17) is 4.98 Å². The van der Waals surface area contributed by atoms with Crippen molar-refractivity contribution in [2.75, 3.05) is 27.2 Å². The second-order valence-electron chi connectivity index (χ2n) is 10.4. The molecule has 1 atom stereocenters. The van der Waals surface area contributed by atoms with Gasteiger partial charge in [0.15, 0.2) is 0 Å². The van der Waals surface area contributed by atoms with E-state index in [9.17, 15) is 9.59 Å². The van der Waals surface area contributed by atoms with Crippen LogP contribution in [-0.4, -0.2) is 59.5 Å². The highest BCUT2D eigenvalue weighted by molar-refractivity contribution is 7.09. The van der Waals surface area contributed by atoms with Crippen LogP contribution in [0.1, 0.15) is 80.5 Å². The zero-order chi connectivity index (χ0) is 26.9. The molecule has 0 spiro atoms. The number of amides is 2. The van der Waals surface area contributed by atoms with Crippen LogP contribution in [0.15, 0.2) is 35.7 Å². The molecule has 2 amide bonds. The van der Waals surface area contributed by atoms with Crippen LogP contribution in [0.5, 0.6) is 0 Å². The molecular formula is C29H43N5O2S. The number of fused-ring (bicyclic) bond motifs is 1. The van der Waals surface area contributed by atoms with Crippen molar-refractivity contribution in [2.45, 2.75) is 71.9 Å². The average Bonchev–Trinajstić information content (AvgIpc) is 3.49. The third kappa shape index (κ3) is 7.89. The monoisotopic (exact) mass is 525 g/mol. The lowest BCUT2D eigenvalue weighted by Crippen LogP contribution is -2.47. The Morgan fingerprint density at radius 2 is 1.89 bits per heavy atom. The van der Waals surface area contributed by atoms with Crippen molar-refractivity contribution in [3.05, 3.63) is 52.0 Å². The summed E-state index contributed by atoms with van der Waals surface area (Å²) in [5.41, 5.74) is 2.40. The molecule has 0 saturated heterocycles. The van der Waals surface area contributed by atoms with Crippen molar-refractivity contribution in [2.24, 2.45) is 5.92 Å². The van der Waals surface area contributed by atoms with Gasteiger partial charge in [-0.1, -0.05) is 33.8 Å². The molecule has 8 heteroatoms. The van der Waals surface area contributed by atoms with Crippen molar-refractivity contribution in [3.63, 3.8) is 0 Å². The largest absolute Gasteiger partial charge is 0.354 e. The van der Waals surface area contributed by atoms with Gasteiger partial charge in [0.05, 0.1) is 11.0 Å². The van der Waals surface area contributed by atoms with Crippen molar-refractivity contribution in [3.8, 4) is 0 Å². The first-order valence-electron chi connectivity index (χ1n) is 13.5. The molecule has 3 aromatic rings. The van der Waals surface area contributed by atoms with Crippen LogP contribution >= 0.6 is 11.3 Å². The lowest BCUT2D eigenvalue weighted by atomic mass is 10.0. The maximum Gasteiger partial charge on any atom is 0.252 e. The maximum atomic E-state index is 13.3. The van der Waals surface area contributed by atoms with E-state index in [1.807, 2.05) is 32.3 Å². The summed E-state index contributed by atoms with van der Waals surface area (Å²) in [5, 5.41) is 8.07. The molecule has 202 valence electrons. The number of rotatable bonds is 14. The van der Waals surface area contributed by atoms with Gasteiger partial charge in [-0.3, -0.25) is 9.59 Å². The number of imidazole rings is 1. The van der Waals surface area contributed by atoms with E-state index in [0.29, 0.717) is 24.6 Å². The third-order valence-corrected chi connectivity index (χ3v) is 7.53. The number of benzene rings is 1. The Balaban J connectivity index is 1.82. The second-order valence-corrected chi connectivity index (χ2v) is 11.5. The van der Waals surface area contributed by atoms with E-state index in [1.54, 1.807) is 11.3 Å². The molecule has 0 bridgehead atoms. The Bertz CT molecular complexity index is 1150. The van der Waals surface area contributed by atoms with Crippen molar-refractivity contribution in [1.82, 2.24) is 25.1 Å². The Morgan fingerprint density at radius 1 is 1.14 bits per heavy atom. The molecule has 2 heterocycles. The quantitative estimate of drug-likeness (QED) is 0.281. The first-order valence-corrected chi connectivity index (χ1v) is 14.4. The number of thiophene rings is 1. The minimum atomic E-state index is -0.570. The first kappa shape index (κ1) is 28.9. The van der Waals surface area contributed by atoms with Crippen LogP contribution in [-0.2, 0) is 11.2 Å². The molecule has 2 aromatic heterocycles. The van der Waals surface area contributed by atoms with E-state index in [1.165, 1.54) is 4.88 Å². The lowest BCUT2D eigenvalue weighted by Gasteiger charge is -2.21. The van der Waals surface area contributed by atoms with E-state index < -0.39 is 6.04 Å². The predicted molar refractivity (Wildman–Crippen MR) is 153 cm³/mol. The van der Waals surface area contributed by atoms with Crippen LogP contribution in [0.4, 0.5) is 0 Å². The normalized spacial score (nSPS) is 12.6. The van der Waals surface area contributed by atoms with Gasteiger partial charge in [-0.25, -0.2) is 4.98 Å². The molecule has 0 aliphatic heterocycles. The number of hydrogen-bond acceptors (Lipinski definition) is 5. The van der Waals surface area contributed by atoms with Gasteiger partial charge in [0, 0.05) is 29.4 Å². The van der Waals surface area contributed by atoms with E-state index >= 15 is 0 Å². The third-order valence-electron chi connectivity index (χ3n) is 6.66. The fourth-order valence-electron chi connectivity index (χ4n) is 4.72. The van der Waals surface area contributed by atoms with Crippen LogP contribution in [0.3, 0.4) is 0 Å². The molecule has 0 saturated carbocycles. The maximum absolute atomic E-state index is 13.3. The first-order chi connectivity index (χ1) is 17.7. The molecule has 2 N–H and O–H groups in total. The van der Waals surface area contributed by atoms with E-state index in [-0.39, 0.29) is 17.7 Å². The summed E-state index contributed by atoms with van der Waals surface area (Å²) in [6.07, 6.45) is 4.26. The summed E-state index contributed by atoms with van der Waals surface area (Å²) in [7, 11) is 4.03. The highest BCUT2D eigenvalue weighted by Crippen LogP contribution is 2.28. The second kappa shape index (κ2) is 13.7. The molecular weight excluding hydrogens is 482 g/mol. The molecule has 7 nitrogen and oxygen atoms in total. The minimum absolute atomic E-state index is 0.127. The van der Waals surface area contributed by atoms with Gasteiger partial charge in [-0.05, 0) is 81.9 Å². The van der Waals surface area contributed by atoms with Gasteiger partial charge in [-0.15, -0.1) is 11.3 Å². The fraction of sp³-hybridized carbons (Fsp3) is 0.552. The predicted octanol–water partition coefficient (Wildman–Crippen LogP) is 5.26. The number of hydrogen-bond donors (Lipinski definition) is 2. The van der Waals surface area contributed by atoms with Gasteiger partial charge >= 0.3 is 0 Å². The minimum Gasteiger partial charge on any atom is -0.354 e. The van der Waals surface area contributed by atoms with Crippen LogP contribution in [0.2, 0.25) is 0 Å². The number of nitrogens with one attached hydrogen (secondary N) is 2. The number of carbonyl (C=O) groups is 2. The molecule has 1 aromatic carbocycles. The van der Waals surface area contributed by atoms with Gasteiger partial charge < -0.3 is 20.1 Å². The summed E-state index contributed by atoms with van der Waals surface area (Å²) in [6.45, 7) is 10.0. The van der Waals surface area contributed by atoms with Crippen molar-refractivity contribution >= 4 is 34.2 Å².